The molecule has 5 rings (SSSR count). The van der Waals surface area contributed by atoms with Crippen LogP contribution in [-0.2, 0) is 33.0 Å². The highest BCUT2D eigenvalue weighted by atomic mass is 32.2. The Bertz CT molecular complexity index is 1480. The fourth-order valence-corrected chi connectivity index (χ4v) is 6.57. The Morgan fingerprint density at radius 3 is 2.07 bits per heavy atom. The van der Waals surface area contributed by atoms with Gasteiger partial charge in [-0.15, -0.1) is 0 Å². The molecule has 222 valence electrons. The molecule has 1 fully saturated rings. The fraction of sp³-hybridized carbons (Fsp3) is 0.333. The van der Waals surface area contributed by atoms with Gasteiger partial charge in [-0.1, -0.05) is 12.1 Å². The number of halogens is 6. The van der Waals surface area contributed by atoms with Gasteiger partial charge in [0, 0.05) is 56.8 Å². The summed E-state index contributed by atoms with van der Waals surface area (Å²) < 4.78 is 91.4. The molecule has 1 aromatic carbocycles. The number of carbonyl (C=O) groups is 2. The number of aryl methyl sites for hydroxylation is 1. The first-order valence-electron chi connectivity index (χ1n) is 11.5. The van der Waals surface area contributed by atoms with Crippen LogP contribution >= 0.6 is 0 Å². The smallest absolute Gasteiger partial charge is 0.475 e. The van der Waals surface area contributed by atoms with Crippen LogP contribution in [0.25, 0.3) is 11.1 Å². The fourth-order valence-electron chi connectivity index (χ4n) is 4.38. The van der Waals surface area contributed by atoms with Gasteiger partial charge in [-0.25, -0.2) is 18.0 Å². The second-order valence-electron chi connectivity index (χ2n) is 9.01. The molecule has 2 aliphatic heterocycles. The van der Waals surface area contributed by atoms with E-state index in [4.69, 9.17) is 19.8 Å². The van der Waals surface area contributed by atoms with E-state index in [-0.39, 0.29) is 11.2 Å². The largest absolute Gasteiger partial charge is 0.490 e. The summed E-state index contributed by atoms with van der Waals surface area (Å²) in [5, 5.41) is 18.1. The topological polar surface area (TPSA) is 143 Å². The summed E-state index contributed by atoms with van der Waals surface area (Å²) in [4.78, 5) is 24.7. The molecular formula is C24H22F6N4O6S. The highest BCUT2D eigenvalue weighted by Gasteiger charge is 2.50. The zero-order valence-corrected chi connectivity index (χ0v) is 21.8. The summed E-state index contributed by atoms with van der Waals surface area (Å²) in [5.74, 6) is -5.49. The number of hydrogen-bond donors (Lipinski definition) is 2. The van der Waals surface area contributed by atoms with E-state index in [0.29, 0.717) is 11.4 Å². The van der Waals surface area contributed by atoms with Crippen LogP contribution in [0.4, 0.5) is 26.3 Å². The number of nitrogens with zero attached hydrogens (tertiary/aromatic N) is 4. The van der Waals surface area contributed by atoms with Crippen LogP contribution < -0.4 is 0 Å². The molecule has 2 aromatic heterocycles. The number of alkyl halides is 6. The summed E-state index contributed by atoms with van der Waals surface area (Å²) in [6.07, 6.45) is -2.79. The molecule has 0 spiro atoms. The van der Waals surface area contributed by atoms with Gasteiger partial charge in [0.2, 0.25) is 0 Å². The van der Waals surface area contributed by atoms with Gasteiger partial charge in [0.25, 0.3) is 0 Å². The number of aromatic nitrogens is 3. The molecule has 2 aliphatic rings. The lowest BCUT2D eigenvalue weighted by molar-refractivity contribution is -0.193. The van der Waals surface area contributed by atoms with Gasteiger partial charge in [0.15, 0.2) is 9.84 Å². The third kappa shape index (κ3) is 7.60. The number of sulfone groups is 1. The van der Waals surface area contributed by atoms with E-state index >= 15 is 0 Å². The molecule has 41 heavy (non-hydrogen) atoms. The average molecular weight is 609 g/mol. The number of pyridine rings is 1. The molecule has 1 saturated heterocycles. The normalized spacial score (nSPS) is 19.2. The molecule has 3 aromatic rings. The van der Waals surface area contributed by atoms with Crippen molar-refractivity contribution < 1.29 is 54.6 Å². The average Bonchev–Trinajstić information content (AvgIpc) is 3.54. The van der Waals surface area contributed by atoms with Crippen LogP contribution in [0.15, 0.2) is 60.0 Å². The standard InChI is InChI=1S/C20H20N4O2S.2C2HF3O2/c1-23-10-14(8-22-23)11-24-12-18-17-7-15(16-3-2-6-21-9-16)4-5-19(17)27(25,26)20(18)13-24;2*3-2(4,5)1(6)7/h2-10,18,20H,11-13H2,1H3;2*(H,6,7). The summed E-state index contributed by atoms with van der Waals surface area (Å²) in [5.41, 5.74) is 4.09. The second-order valence-corrected chi connectivity index (χ2v) is 11.1. The zero-order chi connectivity index (χ0) is 30.8. The summed E-state index contributed by atoms with van der Waals surface area (Å²) in [6.45, 7) is 2.05. The van der Waals surface area contributed by atoms with Crippen molar-refractivity contribution in [2.45, 2.75) is 35.0 Å². The number of rotatable bonds is 3. The maximum Gasteiger partial charge on any atom is 0.490 e. The van der Waals surface area contributed by atoms with Crippen LogP contribution in [-0.4, -0.2) is 80.9 Å². The number of hydrogen-bond acceptors (Lipinski definition) is 7. The van der Waals surface area contributed by atoms with Crippen molar-refractivity contribution in [2.24, 2.45) is 7.05 Å². The number of fused-ring (bicyclic) bond motifs is 3. The van der Waals surface area contributed by atoms with Gasteiger partial charge < -0.3 is 10.2 Å². The highest BCUT2D eigenvalue weighted by molar-refractivity contribution is 7.92. The maximum absolute atomic E-state index is 13.1. The number of carboxylic acid groups (broad SMARTS) is 2. The van der Waals surface area contributed by atoms with E-state index in [0.717, 1.165) is 35.3 Å². The van der Waals surface area contributed by atoms with Crippen LogP contribution in [0.3, 0.4) is 0 Å². The Morgan fingerprint density at radius 2 is 1.59 bits per heavy atom. The van der Waals surface area contributed by atoms with Crippen molar-refractivity contribution in [1.82, 2.24) is 19.7 Å². The molecule has 17 heteroatoms. The first-order chi connectivity index (χ1) is 18.9. The van der Waals surface area contributed by atoms with Gasteiger partial charge in [-0.05, 0) is 34.9 Å². The van der Waals surface area contributed by atoms with Crippen LogP contribution in [0.2, 0.25) is 0 Å². The molecule has 10 nitrogen and oxygen atoms in total. The molecule has 0 radical (unpaired) electrons. The van der Waals surface area contributed by atoms with E-state index in [1.165, 1.54) is 0 Å². The molecular weight excluding hydrogens is 586 g/mol. The minimum absolute atomic E-state index is 0.0262. The van der Waals surface area contributed by atoms with Gasteiger partial charge in [0.05, 0.1) is 16.3 Å². The van der Waals surface area contributed by atoms with E-state index < -0.39 is 34.1 Å². The van der Waals surface area contributed by atoms with Crippen molar-refractivity contribution in [3.63, 3.8) is 0 Å². The SMILES string of the molecule is Cn1cc(CN2CC3c4cc(-c5cccnc5)ccc4S(=O)(=O)C3C2)cn1.O=C(O)C(F)(F)F.O=C(O)C(F)(F)F. The lowest BCUT2D eigenvalue weighted by Gasteiger charge is -2.16. The van der Waals surface area contributed by atoms with Crippen molar-refractivity contribution >= 4 is 21.8 Å². The number of carboxylic acids is 2. The summed E-state index contributed by atoms with van der Waals surface area (Å²) in [7, 11) is -1.39. The first kappa shape index (κ1) is 31.5. The van der Waals surface area contributed by atoms with Crippen molar-refractivity contribution in [1.29, 1.82) is 0 Å². The van der Waals surface area contributed by atoms with E-state index in [9.17, 15) is 34.8 Å². The van der Waals surface area contributed by atoms with Crippen molar-refractivity contribution in [3.05, 3.63) is 66.2 Å². The molecule has 2 unspecified atom stereocenters. The van der Waals surface area contributed by atoms with Crippen LogP contribution in [0.1, 0.15) is 17.0 Å². The monoisotopic (exact) mass is 608 g/mol. The predicted octanol–water partition coefficient (Wildman–Crippen LogP) is 3.50. The summed E-state index contributed by atoms with van der Waals surface area (Å²) >= 11 is 0. The van der Waals surface area contributed by atoms with Crippen molar-refractivity contribution in [2.75, 3.05) is 13.1 Å². The van der Waals surface area contributed by atoms with E-state index in [1.54, 1.807) is 16.9 Å². The third-order valence-corrected chi connectivity index (χ3v) is 8.36. The van der Waals surface area contributed by atoms with Gasteiger partial charge in [-0.3, -0.25) is 14.6 Å². The molecule has 0 aliphatic carbocycles. The Balaban J connectivity index is 0.000000276. The molecule has 2 N–H and O–H groups in total. The predicted molar refractivity (Wildman–Crippen MR) is 129 cm³/mol. The Morgan fingerprint density at radius 1 is 0.976 bits per heavy atom. The van der Waals surface area contributed by atoms with E-state index in [1.807, 2.05) is 49.9 Å². The van der Waals surface area contributed by atoms with Crippen molar-refractivity contribution in [3.8, 4) is 11.1 Å². The van der Waals surface area contributed by atoms with E-state index in [2.05, 4.69) is 15.0 Å². The van der Waals surface area contributed by atoms with Gasteiger partial charge in [0.1, 0.15) is 0 Å². The number of likely N-dealkylation sites (tertiary alicyclic amines) is 1. The number of benzene rings is 1. The Kier molecular flexibility index (Phi) is 9.12. The minimum atomic E-state index is -5.08. The second kappa shape index (κ2) is 11.9. The minimum Gasteiger partial charge on any atom is -0.475 e. The molecule has 2 atom stereocenters. The van der Waals surface area contributed by atoms with Gasteiger partial charge >= 0.3 is 24.3 Å². The quantitative estimate of drug-likeness (QED) is 0.427. The molecule has 4 heterocycles. The molecule has 0 bridgehead atoms. The molecule has 0 amide bonds. The lowest BCUT2D eigenvalue weighted by atomic mass is 9.95. The van der Waals surface area contributed by atoms with Crippen LogP contribution in [0.5, 0.6) is 0 Å². The highest BCUT2D eigenvalue weighted by Crippen LogP contribution is 2.46. The Labute approximate surface area is 228 Å². The number of aliphatic carboxylic acids is 2. The summed E-state index contributed by atoms with van der Waals surface area (Å²) in [6, 6.07) is 9.60. The third-order valence-electron chi connectivity index (χ3n) is 6.10. The Hall–Kier alpha value is -3.99. The first-order valence-corrected chi connectivity index (χ1v) is 13.0. The lowest BCUT2D eigenvalue weighted by Crippen LogP contribution is -2.25. The van der Waals surface area contributed by atoms with Crippen LogP contribution in [0, 0.1) is 0 Å². The molecule has 0 saturated carbocycles. The zero-order valence-electron chi connectivity index (χ0n) is 21.0. The maximum atomic E-state index is 13.1. The van der Waals surface area contributed by atoms with Gasteiger partial charge in [-0.2, -0.15) is 31.4 Å².